The Morgan fingerprint density at radius 1 is 1.56 bits per heavy atom. The zero-order valence-electron chi connectivity index (χ0n) is 10.8. The fraction of sp³-hybridized carbons (Fsp3) is 0.750. The Morgan fingerprint density at radius 2 is 2.31 bits per heavy atom. The largest absolute Gasteiger partial charge is 0.493 e. The molecule has 1 atom stereocenters. The quantitative estimate of drug-likeness (QED) is 0.717. The van der Waals surface area contributed by atoms with Gasteiger partial charge in [-0.25, -0.2) is 0 Å². The van der Waals surface area contributed by atoms with Crippen molar-refractivity contribution < 1.29 is 4.74 Å². The number of nitrogens with zero attached hydrogens (tertiary/aromatic N) is 2. The van der Waals surface area contributed by atoms with E-state index in [1.54, 1.807) is 13.3 Å². The van der Waals surface area contributed by atoms with Gasteiger partial charge in [0.05, 0.1) is 19.0 Å². The van der Waals surface area contributed by atoms with Crippen molar-refractivity contribution in [3.8, 4) is 5.75 Å². The molecule has 0 aliphatic rings. The molecule has 1 aromatic rings. The Hall–Kier alpha value is -1.03. The summed E-state index contributed by atoms with van der Waals surface area (Å²) >= 11 is 0. The van der Waals surface area contributed by atoms with E-state index < -0.39 is 0 Å². The molecule has 1 unspecified atom stereocenters. The van der Waals surface area contributed by atoms with Gasteiger partial charge in [0.15, 0.2) is 5.75 Å². The van der Waals surface area contributed by atoms with Crippen LogP contribution >= 0.6 is 0 Å². The van der Waals surface area contributed by atoms with Crippen molar-refractivity contribution in [3.05, 3.63) is 11.9 Å². The summed E-state index contributed by atoms with van der Waals surface area (Å²) in [6, 6.07) is 0. The molecule has 16 heavy (non-hydrogen) atoms. The average molecular weight is 225 g/mol. The monoisotopic (exact) mass is 225 g/mol. The zero-order valence-corrected chi connectivity index (χ0v) is 10.8. The van der Waals surface area contributed by atoms with Crippen molar-refractivity contribution in [1.82, 2.24) is 15.1 Å². The van der Waals surface area contributed by atoms with E-state index in [9.17, 15) is 0 Å². The molecule has 1 rings (SSSR count). The molecule has 1 heterocycles. The smallest absolute Gasteiger partial charge is 0.159 e. The molecular weight excluding hydrogens is 202 g/mol. The molecule has 0 aromatic carbocycles. The number of aryl methyl sites for hydroxylation is 1. The van der Waals surface area contributed by atoms with Crippen LogP contribution < -0.4 is 10.1 Å². The Morgan fingerprint density at radius 3 is 2.94 bits per heavy atom. The van der Waals surface area contributed by atoms with E-state index in [0.29, 0.717) is 5.92 Å². The molecule has 1 aromatic heterocycles. The summed E-state index contributed by atoms with van der Waals surface area (Å²) < 4.78 is 7.19. The number of rotatable bonds is 7. The highest BCUT2D eigenvalue weighted by Gasteiger charge is 2.12. The van der Waals surface area contributed by atoms with Crippen molar-refractivity contribution in [2.24, 2.45) is 13.0 Å². The van der Waals surface area contributed by atoms with Gasteiger partial charge in [-0.3, -0.25) is 4.68 Å². The Bertz CT molecular complexity index is 309. The summed E-state index contributed by atoms with van der Waals surface area (Å²) in [5.74, 6) is 1.49. The molecule has 0 aliphatic heterocycles. The van der Waals surface area contributed by atoms with E-state index in [0.717, 1.165) is 25.3 Å². The molecule has 0 spiro atoms. The highest BCUT2D eigenvalue weighted by atomic mass is 16.5. The van der Waals surface area contributed by atoms with Gasteiger partial charge in [0.1, 0.15) is 0 Å². The minimum atomic E-state index is 0.593. The van der Waals surface area contributed by atoms with Gasteiger partial charge in [-0.2, -0.15) is 5.10 Å². The third-order valence-corrected chi connectivity index (χ3v) is 2.70. The number of hydrogen-bond donors (Lipinski definition) is 1. The lowest BCUT2D eigenvalue weighted by Gasteiger charge is -2.13. The summed E-state index contributed by atoms with van der Waals surface area (Å²) in [7, 11) is 3.66. The third kappa shape index (κ3) is 3.52. The van der Waals surface area contributed by atoms with Crippen LogP contribution in [0.1, 0.15) is 26.0 Å². The molecular formula is C12H23N3O. The van der Waals surface area contributed by atoms with Crippen molar-refractivity contribution in [1.29, 1.82) is 0 Å². The fourth-order valence-electron chi connectivity index (χ4n) is 1.77. The predicted molar refractivity (Wildman–Crippen MR) is 65.8 cm³/mol. The third-order valence-electron chi connectivity index (χ3n) is 2.70. The second-order valence-electron chi connectivity index (χ2n) is 4.30. The highest BCUT2D eigenvalue weighted by Crippen LogP contribution is 2.19. The van der Waals surface area contributed by atoms with Crippen LogP contribution in [0.5, 0.6) is 5.75 Å². The van der Waals surface area contributed by atoms with Crippen LogP contribution in [0, 0.1) is 5.92 Å². The maximum atomic E-state index is 5.29. The lowest BCUT2D eigenvalue weighted by molar-refractivity contribution is 0.401. The Labute approximate surface area is 98.0 Å². The van der Waals surface area contributed by atoms with E-state index >= 15 is 0 Å². The second kappa shape index (κ2) is 6.53. The molecule has 0 saturated heterocycles. The van der Waals surface area contributed by atoms with Crippen LogP contribution in [0.4, 0.5) is 0 Å². The van der Waals surface area contributed by atoms with E-state index in [1.165, 1.54) is 12.1 Å². The molecule has 92 valence electrons. The number of nitrogens with one attached hydrogen (secondary N) is 1. The Balaban J connectivity index is 2.48. The van der Waals surface area contributed by atoms with Gasteiger partial charge >= 0.3 is 0 Å². The van der Waals surface area contributed by atoms with E-state index in [1.807, 2.05) is 11.7 Å². The number of aromatic nitrogens is 2. The first-order chi connectivity index (χ1) is 7.69. The van der Waals surface area contributed by atoms with Gasteiger partial charge in [-0.15, -0.1) is 0 Å². The lowest BCUT2D eigenvalue weighted by Crippen LogP contribution is -2.23. The van der Waals surface area contributed by atoms with Crippen molar-refractivity contribution in [2.75, 3.05) is 20.2 Å². The summed E-state index contributed by atoms with van der Waals surface area (Å²) in [5, 5.41) is 7.64. The van der Waals surface area contributed by atoms with Crippen molar-refractivity contribution in [3.63, 3.8) is 0 Å². The van der Waals surface area contributed by atoms with Gasteiger partial charge in [0, 0.05) is 7.05 Å². The van der Waals surface area contributed by atoms with Crippen LogP contribution in [0.25, 0.3) is 0 Å². The fourth-order valence-corrected chi connectivity index (χ4v) is 1.77. The standard InChI is InChI=1S/C12H23N3O/c1-5-6-13-8-10(2)7-11-12(16-4)9-14-15(11)3/h9-10,13H,5-8H2,1-4H3. The minimum absolute atomic E-state index is 0.593. The molecule has 0 saturated carbocycles. The van der Waals surface area contributed by atoms with E-state index in [-0.39, 0.29) is 0 Å². The van der Waals surface area contributed by atoms with Gasteiger partial charge in [-0.05, 0) is 31.8 Å². The predicted octanol–water partition coefficient (Wildman–Crippen LogP) is 1.61. The highest BCUT2D eigenvalue weighted by molar-refractivity contribution is 5.25. The molecule has 0 fully saturated rings. The summed E-state index contributed by atoms with van der Waals surface area (Å²) in [5.41, 5.74) is 1.17. The van der Waals surface area contributed by atoms with E-state index in [2.05, 4.69) is 24.3 Å². The molecule has 0 aliphatic carbocycles. The van der Waals surface area contributed by atoms with Crippen LogP contribution in [-0.4, -0.2) is 30.0 Å². The van der Waals surface area contributed by atoms with Gasteiger partial charge in [0.25, 0.3) is 0 Å². The first-order valence-corrected chi connectivity index (χ1v) is 5.94. The first kappa shape index (κ1) is 13.0. The number of ether oxygens (including phenoxy) is 1. The summed E-state index contributed by atoms with van der Waals surface area (Å²) in [6.07, 6.45) is 3.96. The molecule has 0 radical (unpaired) electrons. The minimum Gasteiger partial charge on any atom is -0.493 e. The molecule has 0 bridgehead atoms. The van der Waals surface area contributed by atoms with Crippen LogP contribution in [0.2, 0.25) is 0 Å². The lowest BCUT2D eigenvalue weighted by atomic mass is 10.1. The van der Waals surface area contributed by atoms with E-state index in [4.69, 9.17) is 4.74 Å². The Kier molecular flexibility index (Phi) is 5.32. The average Bonchev–Trinajstić information content (AvgIpc) is 2.61. The first-order valence-electron chi connectivity index (χ1n) is 5.94. The van der Waals surface area contributed by atoms with Crippen molar-refractivity contribution in [2.45, 2.75) is 26.7 Å². The molecule has 1 N–H and O–H groups in total. The maximum absolute atomic E-state index is 5.29. The van der Waals surface area contributed by atoms with Crippen LogP contribution in [0.15, 0.2) is 6.20 Å². The van der Waals surface area contributed by atoms with Crippen LogP contribution in [-0.2, 0) is 13.5 Å². The topological polar surface area (TPSA) is 39.1 Å². The van der Waals surface area contributed by atoms with Crippen molar-refractivity contribution >= 4 is 0 Å². The molecule has 0 amide bonds. The molecule has 4 nitrogen and oxygen atoms in total. The van der Waals surface area contributed by atoms with Gasteiger partial charge in [-0.1, -0.05) is 13.8 Å². The normalized spacial score (nSPS) is 12.8. The summed E-state index contributed by atoms with van der Waals surface area (Å²) in [6.45, 7) is 6.56. The number of methoxy groups -OCH3 is 1. The molecule has 4 heteroatoms. The SMILES string of the molecule is CCCNCC(C)Cc1c(OC)cnn1C. The van der Waals surface area contributed by atoms with Crippen LogP contribution in [0.3, 0.4) is 0 Å². The summed E-state index contributed by atoms with van der Waals surface area (Å²) in [4.78, 5) is 0. The van der Waals surface area contributed by atoms with Gasteiger partial charge < -0.3 is 10.1 Å². The number of hydrogen-bond acceptors (Lipinski definition) is 3. The maximum Gasteiger partial charge on any atom is 0.159 e. The van der Waals surface area contributed by atoms with Gasteiger partial charge in [0.2, 0.25) is 0 Å². The zero-order chi connectivity index (χ0) is 12.0. The second-order valence-corrected chi connectivity index (χ2v) is 4.30.